The number of aryl methyl sites for hydroxylation is 1. The van der Waals surface area contributed by atoms with Gasteiger partial charge in [-0.05, 0) is 18.4 Å². The summed E-state index contributed by atoms with van der Waals surface area (Å²) in [6.07, 6.45) is 15.5. The van der Waals surface area contributed by atoms with E-state index in [0.717, 1.165) is 0 Å². The molecule has 0 saturated carbocycles. The number of rotatable bonds is 11. The fourth-order valence-corrected chi connectivity index (χ4v) is 2.46. The molecule has 1 radical (unpaired) electrons. The molecule has 19 heavy (non-hydrogen) atoms. The molecule has 0 aliphatic heterocycles. The zero-order valence-electron chi connectivity index (χ0n) is 13.2. The maximum absolute atomic E-state index is 2.28. The van der Waals surface area contributed by atoms with Crippen LogP contribution in [0.3, 0.4) is 0 Å². The van der Waals surface area contributed by atoms with Gasteiger partial charge >= 0.3 is 0 Å². The van der Waals surface area contributed by atoms with Crippen LogP contribution in [0.1, 0.15) is 76.7 Å². The molecular weight excluding hydrogens is 302 g/mol. The summed E-state index contributed by atoms with van der Waals surface area (Å²) in [4.78, 5) is 0. The van der Waals surface area contributed by atoms with Gasteiger partial charge in [0.25, 0.3) is 0 Å². The average molecular weight is 332 g/mol. The molecule has 0 saturated heterocycles. The number of hydrogen-bond donors (Lipinski definition) is 0. The second-order valence-corrected chi connectivity index (χ2v) is 5.42. The molecule has 0 aromatic heterocycles. The van der Waals surface area contributed by atoms with Crippen molar-refractivity contribution in [3.05, 3.63) is 35.9 Å². The molecule has 1 rings (SSSR count). The zero-order chi connectivity index (χ0) is 12.9. The molecule has 0 atom stereocenters. The van der Waals surface area contributed by atoms with E-state index in [1.165, 1.54) is 76.2 Å². The first-order valence-electron chi connectivity index (χ1n) is 7.97. The van der Waals surface area contributed by atoms with Crippen LogP contribution in [-0.2, 0) is 6.42 Å². The normalized spacial score (nSPS) is 10.2. The van der Waals surface area contributed by atoms with Crippen molar-refractivity contribution < 1.29 is 0 Å². The minimum absolute atomic E-state index is 0. The van der Waals surface area contributed by atoms with Crippen LogP contribution in [0.25, 0.3) is 0 Å². The van der Waals surface area contributed by atoms with Gasteiger partial charge in [-0.25, -0.2) is 0 Å². The first-order valence-corrected chi connectivity index (χ1v) is 7.97. The molecule has 1 aromatic carbocycles. The second kappa shape index (κ2) is 15.4. The first kappa shape index (κ1) is 20.0. The Morgan fingerprint density at radius 3 is 1.63 bits per heavy atom. The molecule has 0 aliphatic rings. The molecule has 0 unspecified atom stereocenters. The van der Waals surface area contributed by atoms with Crippen molar-refractivity contribution in [2.24, 2.45) is 0 Å². The summed E-state index contributed by atoms with van der Waals surface area (Å²) in [6, 6.07) is 10.9. The van der Waals surface area contributed by atoms with Gasteiger partial charge in [0.15, 0.2) is 0 Å². The van der Waals surface area contributed by atoms with E-state index in [9.17, 15) is 0 Å². The standard InChI is InChI=1S/C18H30.Rb/c1-2-3-4-5-6-7-8-9-10-12-15-18-16-13-11-14-17-18;/h11,13-14,16-17H,2-10,12,15H2,1H3;. The van der Waals surface area contributed by atoms with Gasteiger partial charge in [-0.15, -0.1) is 0 Å². The predicted octanol–water partition coefficient (Wildman–Crippen LogP) is 5.77. The number of benzene rings is 1. The molecule has 0 nitrogen and oxygen atoms in total. The average Bonchev–Trinajstić information content (AvgIpc) is 2.42. The van der Waals surface area contributed by atoms with Crippen LogP contribution in [0.4, 0.5) is 0 Å². The molecule has 0 fully saturated rings. The first-order chi connectivity index (χ1) is 8.93. The van der Waals surface area contributed by atoms with Crippen LogP contribution in [-0.4, -0.2) is 58.2 Å². The van der Waals surface area contributed by atoms with Crippen molar-refractivity contribution in [2.75, 3.05) is 0 Å². The molecule has 0 heterocycles. The molecule has 0 amide bonds. The van der Waals surface area contributed by atoms with Gasteiger partial charge in [0.05, 0.1) is 0 Å². The van der Waals surface area contributed by atoms with Gasteiger partial charge in [-0.1, -0.05) is 95.0 Å². The molecule has 0 aliphatic carbocycles. The molecule has 0 spiro atoms. The third-order valence-electron chi connectivity index (χ3n) is 3.66. The smallest absolute Gasteiger partial charge is 0 e. The summed E-state index contributed by atoms with van der Waals surface area (Å²) in [5, 5.41) is 0. The van der Waals surface area contributed by atoms with E-state index in [1.54, 1.807) is 0 Å². The summed E-state index contributed by atoms with van der Waals surface area (Å²) in [7, 11) is 0. The fraction of sp³-hybridized carbons (Fsp3) is 0.667. The van der Waals surface area contributed by atoms with Gasteiger partial charge < -0.3 is 0 Å². The Labute approximate surface area is 169 Å². The van der Waals surface area contributed by atoms with E-state index in [0.29, 0.717) is 0 Å². The Bertz CT molecular complexity index is 268. The SMILES string of the molecule is CCCCCCCCCCCCc1ccccc1.[Rb]. The van der Waals surface area contributed by atoms with Gasteiger partial charge in [-0.2, -0.15) is 0 Å². The number of hydrogen-bond acceptors (Lipinski definition) is 0. The topological polar surface area (TPSA) is 0 Å². The van der Waals surface area contributed by atoms with Crippen molar-refractivity contribution in [2.45, 2.75) is 77.6 Å². The van der Waals surface area contributed by atoms with E-state index >= 15 is 0 Å². The van der Waals surface area contributed by atoms with Gasteiger partial charge in [0.2, 0.25) is 0 Å². The van der Waals surface area contributed by atoms with Gasteiger partial charge in [0.1, 0.15) is 0 Å². The number of unbranched alkanes of at least 4 members (excludes halogenated alkanes) is 9. The Balaban J connectivity index is 0.00000324. The molecule has 103 valence electrons. The zero-order valence-corrected chi connectivity index (χ0v) is 18.1. The van der Waals surface area contributed by atoms with Crippen LogP contribution in [0.5, 0.6) is 0 Å². The third-order valence-corrected chi connectivity index (χ3v) is 3.66. The van der Waals surface area contributed by atoms with E-state index in [1.807, 2.05) is 0 Å². The van der Waals surface area contributed by atoms with Crippen LogP contribution in [0, 0.1) is 0 Å². The minimum atomic E-state index is 0. The fourth-order valence-electron chi connectivity index (χ4n) is 2.46. The van der Waals surface area contributed by atoms with Crippen LogP contribution < -0.4 is 0 Å². The molecule has 0 bridgehead atoms. The van der Waals surface area contributed by atoms with Crippen LogP contribution >= 0.6 is 0 Å². The van der Waals surface area contributed by atoms with Crippen molar-refractivity contribution in [1.29, 1.82) is 0 Å². The van der Waals surface area contributed by atoms with Crippen molar-refractivity contribution in [1.82, 2.24) is 0 Å². The van der Waals surface area contributed by atoms with Crippen molar-refractivity contribution >= 4 is 58.2 Å². The Hall–Kier alpha value is 1.03. The van der Waals surface area contributed by atoms with Crippen molar-refractivity contribution in [3.63, 3.8) is 0 Å². The van der Waals surface area contributed by atoms with Gasteiger partial charge in [-0.3, -0.25) is 0 Å². The van der Waals surface area contributed by atoms with Gasteiger partial charge in [0, 0.05) is 58.2 Å². The monoisotopic (exact) mass is 331 g/mol. The molecule has 0 N–H and O–H groups in total. The van der Waals surface area contributed by atoms with E-state index in [2.05, 4.69) is 37.3 Å². The summed E-state index contributed by atoms with van der Waals surface area (Å²) < 4.78 is 0. The van der Waals surface area contributed by atoms with Crippen molar-refractivity contribution in [3.8, 4) is 0 Å². The summed E-state index contributed by atoms with van der Waals surface area (Å²) in [5.41, 5.74) is 1.50. The molecule has 1 heteroatoms. The minimum Gasteiger partial charge on any atom is -0.0654 e. The Kier molecular flexibility index (Phi) is 16.2. The Morgan fingerprint density at radius 2 is 1.11 bits per heavy atom. The second-order valence-electron chi connectivity index (χ2n) is 5.42. The summed E-state index contributed by atoms with van der Waals surface area (Å²) in [5.74, 6) is 0. The third kappa shape index (κ3) is 12.5. The molecule has 1 aromatic rings. The quantitative estimate of drug-likeness (QED) is 0.451. The maximum Gasteiger partial charge on any atom is 0 e. The van der Waals surface area contributed by atoms with E-state index < -0.39 is 0 Å². The predicted molar refractivity (Wildman–Crippen MR) is 87.7 cm³/mol. The summed E-state index contributed by atoms with van der Waals surface area (Å²) >= 11 is 0. The largest absolute Gasteiger partial charge is 0.0654 e. The molecular formula is C18H30Rb. The van der Waals surface area contributed by atoms with E-state index in [4.69, 9.17) is 0 Å². The van der Waals surface area contributed by atoms with E-state index in [-0.39, 0.29) is 58.2 Å². The van der Waals surface area contributed by atoms with Crippen LogP contribution in [0.2, 0.25) is 0 Å². The summed E-state index contributed by atoms with van der Waals surface area (Å²) in [6.45, 7) is 2.28. The maximum atomic E-state index is 2.28. The van der Waals surface area contributed by atoms with Crippen LogP contribution in [0.15, 0.2) is 30.3 Å². The Morgan fingerprint density at radius 1 is 0.632 bits per heavy atom.